The number of ether oxygens (including phenoxy) is 1. The number of aromatic nitrogens is 2. The predicted octanol–water partition coefficient (Wildman–Crippen LogP) is 7.52. The molecule has 0 amide bonds. The molecule has 13 heteroatoms. The van der Waals surface area contributed by atoms with Gasteiger partial charge in [0.15, 0.2) is 5.82 Å². The molecule has 3 saturated heterocycles. The second kappa shape index (κ2) is 11.6. The Labute approximate surface area is 296 Å². The third-order valence-electron chi connectivity index (χ3n) is 12.1. The van der Waals surface area contributed by atoms with E-state index in [2.05, 4.69) is 26.1 Å². The Morgan fingerprint density at radius 3 is 2.37 bits per heavy atom. The highest BCUT2D eigenvalue weighted by Gasteiger charge is 2.70. The van der Waals surface area contributed by atoms with Crippen molar-refractivity contribution in [1.29, 1.82) is 0 Å². The smallest absolute Gasteiger partial charge is 0.417 e. The summed E-state index contributed by atoms with van der Waals surface area (Å²) in [5, 5.41) is 14.6. The van der Waals surface area contributed by atoms with Crippen LogP contribution in [0.4, 0.5) is 32.2 Å². The van der Waals surface area contributed by atoms with Gasteiger partial charge in [-0.05, 0) is 86.8 Å². The van der Waals surface area contributed by atoms with Crippen molar-refractivity contribution >= 4 is 27.5 Å². The number of hydrogen-bond donors (Lipinski definition) is 2. The summed E-state index contributed by atoms with van der Waals surface area (Å²) in [7, 11) is 0. The second-order valence-corrected chi connectivity index (χ2v) is 15.6. The maximum absolute atomic E-state index is 17.2. The molecule has 0 radical (unpaired) electrons. The summed E-state index contributed by atoms with van der Waals surface area (Å²) in [5.74, 6) is -1.49. The van der Waals surface area contributed by atoms with Gasteiger partial charge < -0.3 is 25.0 Å². The molecule has 2 atom stereocenters. The first-order valence-electron chi connectivity index (χ1n) is 17.9. The van der Waals surface area contributed by atoms with Crippen LogP contribution in [0.25, 0.3) is 32.8 Å². The SMILES string of the molecule is C#Cc1cccc2cc(O)cc(-c3c(C(F)(F)F)cc4c(N5CC6CCC(C5)N6)nc(OCC5(CN6CCC7(CC6)CC7(F)F)CC5)nc4c3F)c12. The lowest BCUT2D eigenvalue weighted by molar-refractivity contribution is -0.137. The fourth-order valence-electron chi connectivity index (χ4n) is 8.96. The van der Waals surface area contributed by atoms with E-state index < -0.39 is 34.5 Å². The highest BCUT2D eigenvalue weighted by atomic mass is 19.4. The molecule has 272 valence electrons. The standard InChI is InChI=1S/C39H37F6N5O2/c1-2-22-4-3-5-23-14-26(51)15-27(30(22)23)31-29(39(43,44)45)16-28-33(32(31)40)47-35(48-34(28)50-17-24-6-7-25(18-50)46-24)52-21-36(8-9-36)20-49-12-10-37(11-13-49)19-38(37,41)42/h1,3-5,14-16,24-25,46,51H,6-13,17-21H2. The second-order valence-electron chi connectivity index (χ2n) is 15.6. The van der Waals surface area contributed by atoms with Crippen LogP contribution in [-0.2, 0) is 6.18 Å². The van der Waals surface area contributed by atoms with Crippen molar-refractivity contribution in [3.05, 3.63) is 53.3 Å². The van der Waals surface area contributed by atoms with Crippen LogP contribution in [0.1, 0.15) is 56.1 Å². The number of benzene rings is 3. The molecule has 3 aromatic carbocycles. The number of phenolic OH excluding ortho intramolecular Hbond substituents is 1. The zero-order valence-electron chi connectivity index (χ0n) is 28.3. The summed E-state index contributed by atoms with van der Waals surface area (Å²) in [6.07, 6.45) is 5.14. The van der Waals surface area contributed by atoms with Crippen molar-refractivity contribution in [3.63, 3.8) is 0 Å². The molecule has 4 aromatic rings. The molecule has 2 aliphatic carbocycles. The van der Waals surface area contributed by atoms with Gasteiger partial charge in [-0.2, -0.15) is 23.1 Å². The number of likely N-dealkylation sites (tertiary alicyclic amines) is 1. The summed E-state index contributed by atoms with van der Waals surface area (Å²) in [6, 6.07) is 8.19. The lowest BCUT2D eigenvalue weighted by atomic mass is 9.90. The molecule has 1 aromatic heterocycles. The van der Waals surface area contributed by atoms with Crippen molar-refractivity contribution < 1.29 is 36.2 Å². The molecule has 52 heavy (non-hydrogen) atoms. The van der Waals surface area contributed by atoms with Gasteiger partial charge in [-0.1, -0.05) is 18.1 Å². The van der Waals surface area contributed by atoms with Crippen molar-refractivity contribution in [2.45, 2.75) is 69.1 Å². The van der Waals surface area contributed by atoms with Crippen LogP contribution in [-0.4, -0.2) is 77.3 Å². The Morgan fingerprint density at radius 2 is 1.73 bits per heavy atom. The summed E-state index contributed by atoms with van der Waals surface area (Å²) in [4.78, 5) is 13.2. The summed E-state index contributed by atoms with van der Waals surface area (Å²) in [6.45, 7) is 2.95. The van der Waals surface area contributed by atoms with E-state index in [1.165, 1.54) is 6.07 Å². The zero-order chi connectivity index (χ0) is 36.2. The Kier molecular flexibility index (Phi) is 7.49. The minimum absolute atomic E-state index is 0.0340. The number of piperidine rings is 1. The lowest BCUT2D eigenvalue weighted by Gasteiger charge is -2.35. The van der Waals surface area contributed by atoms with Crippen molar-refractivity contribution in [3.8, 4) is 35.2 Å². The van der Waals surface area contributed by atoms with E-state index in [0.717, 1.165) is 37.8 Å². The number of phenols is 1. The van der Waals surface area contributed by atoms with Crippen LogP contribution in [0, 0.1) is 29.0 Å². The summed E-state index contributed by atoms with van der Waals surface area (Å²) in [5.41, 5.74) is -3.41. The van der Waals surface area contributed by atoms with Crippen LogP contribution < -0.4 is 15.0 Å². The molecule has 7 nitrogen and oxygen atoms in total. The topological polar surface area (TPSA) is 73.8 Å². The fraction of sp³-hybridized carbons (Fsp3) is 0.487. The van der Waals surface area contributed by atoms with Crippen molar-refractivity contribution in [2.24, 2.45) is 10.8 Å². The highest BCUT2D eigenvalue weighted by Crippen LogP contribution is 2.66. The maximum atomic E-state index is 17.2. The monoisotopic (exact) mass is 721 g/mol. The quantitative estimate of drug-likeness (QED) is 0.151. The van der Waals surface area contributed by atoms with E-state index >= 15 is 17.6 Å². The third kappa shape index (κ3) is 5.61. The normalized spacial score (nSPS) is 24.4. The number of halogens is 6. The first kappa shape index (κ1) is 33.5. The molecule has 2 bridgehead atoms. The molecule has 5 aliphatic rings. The van der Waals surface area contributed by atoms with Gasteiger partial charge in [-0.25, -0.2) is 13.2 Å². The third-order valence-corrected chi connectivity index (χ3v) is 12.1. The molecule has 5 fully saturated rings. The fourth-order valence-corrected chi connectivity index (χ4v) is 8.96. The molecule has 4 heterocycles. The van der Waals surface area contributed by atoms with E-state index in [1.54, 1.807) is 18.2 Å². The number of aromatic hydroxyl groups is 1. The predicted molar refractivity (Wildman–Crippen MR) is 184 cm³/mol. The Hall–Kier alpha value is -4.28. The molecular formula is C39H37F6N5O2. The van der Waals surface area contributed by atoms with E-state index in [4.69, 9.17) is 11.2 Å². The van der Waals surface area contributed by atoms with Gasteiger partial charge in [-0.15, -0.1) is 6.42 Å². The number of nitrogens with one attached hydrogen (secondary N) is 1. The van der Waals surface area contributed by atoms with Gasteiger partial charge in [-0.3, -0.25) is 0 Å². The molecule has 2 unspecified atom stereocenters. The van der Waals surface area contributed by atoms with Gasteiger partial charge >= 0.3 is 12.2 Å². The first-order chi connectivity index (χ1) is 24.8. The number of anilines is 1. The molecule has 1 spiro atoms. The van der Waals surface area contributed by atoms with Crippen LogP contribution >= 0.6 is 0 Å². The number of nitrogens with zero attached hydrogens (tertiary/aromatic N) is 4. The van der Waals surface area contributed by atoms with E-state index in [0.29, 0.717) is 51.0 Å². The van der Waals surface area contributed by atoms with Crippen LogP contribution in [0.5, 0.6) is 11.8 Å². The van der Waals surface area contributed by atoms with E-state index in [9.17, 15) is 13.9 Å². The molecule has 2 N–H and O–H groups in total. The van der Waals surface area contributed by atoms with Crippen LogP contribution in [0.3, 0.4) is 0 Å². The van der Waals surface area contributed by atoms with E-state index in [-0.39, 0.29) is 75.5 Å². The highest BCUT2D eigenvalue weighted by molar-refractivity contribution is 6.05. The number of terminal acetylenes is 1. The maximum Gasteiger partial charge on any atom is 0.417 e. The average molecular weight is 722 g/mol. The molecule has 9 rings (SSSR count). The van der Waals surface area contributed by atoms with Gasteiger partial charge in [0.2, 0.25) is 0 Å². The molecular weight excluding hydrogens is 684 g/mol. The Balaban J connectivity index is 1.13. The van der Waals surface area contributed by atoms with Gasteiger partial charge in [0.25, 0.3) is 5.92 Å². The average Bonchev–Trinajstić information content (AvgIpc) is 3.95. The largest absolute Gasteiger partial charge is 0.508 e. The number of rotatable bonds is 7. The first-order valence-corrected chi connectivity index (χ1v) is 17.9. The van der Waals surface area contributed by atoms with Crippen LogP contribution in [0.2, 0.25) is 0 Å². The van der Waals surface area contributed by atoms with Crippen LogP contribution in [0.15, 0.2) is 36.4 Å². The zero-order valence-corrected chi connectivity index (χ0v) is 28.3. The van der Waals surface area contributed by atoms with Gasteiger partial charge in [0.1, 0.15) is 17.1 Å². The number of fused-ring (bicyclic) bond motifs is 4. The molecule has 2 saturated carbocycles. The molecule has 3 aliphatic heterocycles. The summed E-state index contributed by atoms with van der Waals surface area (Å²) < 4.78 is 96.5. The van der Waals surface area contributed by atoms with E-state index in [1.807, 2.05) is 4.90 Å². The number of alkyl halides is 5. The van der Waals surface area contributed by atoms with Gasteiger partial charge in [0.05, 0.1) is 12.2 Å². The Bertz CT molecular complexity index is 2140. The number of hydrogen-bond acceptors (Lipinski definition) is 7. The minimum atomic E-state index is -5.00. The Morgan fingerprint density at radius 1 is 1.02 bits per heavy atom. The lowest BCUT2D eigenvalue weighted by Crippen LogP contribution is -2.51. The number of piperazine rings is 1. The van der Waals surface area contributed by atoms with Gasteiger partial charge in [0, 0.05) is 70.9 Å². The summed E-state index contributed by atoms with van der Waals surface area (Å²) >= 11 is 0. The minimum Gasteiger partial charge on any atom is -0.508 e. The van der Waals surface area contributed by atoms with Crippen molar-refractivity contribution in [2.75, 3.05) is 44.2 Å². The van der Waals surface area contributed by atoms with Crippen molar-refractivity contribution in [1.82, 2.24) is 20.2 Å².